The molecule has 0 atom stereocenters. The molecule has 1 heterocycles. The molecule has 0 saturated carbocycles. The highest BCUT2D eigenvalue weighted by atomic mass is 16.5. The molecule has 2 aromatic rings. The van der Waals surface area contributed by atoms with E-state index in [4.69, 9.17) is 4.74 Å². The van der Waals surface area contributed by atoms with Gasteiger partial charge in [-0.3, -0.25) is 9.59 Å². The summed E-state index contributed by atoms with van der Waals surface area (Å²) in [6, 6.07) is 15.6. The molecular weight excluding hydrogens is 294 g/mol. The molecule has 0 radical (unpaired) electrons. The van der Waals surface area contributed by atoms with Crippen LogP contribution in [-0.2, 0) is 20.9 Å². The number of imide groups is 1. The van der Waals surface area contributed by atoms with Crippen molar-refractivity contribution in [2.24, 2.45) is 0 Å². The lowest BCUT2D eigenvalue weighted by Crippen LogP contribution is -2.29. The highest BCUT2D eigenvalue weighted by Gasteiger charge is 2.25. The first-order valence-electron chi connectivity index (χ1n) is 7.02. The normalized spacial score (nSPS) is 13.5. The van der Waals surface area contributed by atoms with Crippen LogP contribution in [0.25, 0.3) is 0 Å². The predicted molar refractivity (Wildman–Crippen MR) is 83.6 cm³/mol. The Morgan fingerprint density at radius 2 is 1.61 bits per heavy atom. The summed E-state index contributed by atoms with van der Waals surface area (Å²) >= 11 is 0. The Kier molecular flexibility index (Phi) is 4.01. The lowest BCUT2D eigenvalue weighted by molar-refractivity contribution is -0.119. The van der Waals surface area contributed by atoms with E-state index in [0.29, 0.717) is 5.69 Å². The molecule has 0 aliphatic carbocycles. The highest BCUT2D eigenvalue weighted by molar-refractivity contribution is 6.28. The standard InChI is InChI=1S/C18H13NO4/c20-16-9-10-17(21)19(16)15-8-4-7-14(11-15)18(22)23-12-13-5-2-1-3-6-13/h1-11H,12H2. The highest BCUT2D eigenvalue weighted by Crippen LogP contribution is 2.20. The summed E-state index contributed by atoms with van der Waals surface area (Å²) in [7, 11) is 0. The molecule has 5 nitrogen and oxygen atoms in total. The maximum absolute atomic E-state index is 12.1. The second-order valence-corrected chi connectivity index (χ2v) is 4.96. The van der Waals surface area contributed by atoms with Gasteiger partial charge in [-0.15, -0.1) is 0 Å². The van der Waals surface area contributed by atoms with E-state index in [2.05, 4.69) is 0 Å². The number of benzene rings is 2. The first kappa shape index (κ1) is 14.7. The maximum atomic E-state index is 12.1. The van der Waals surface area contributed by atoms with Gasteiger partial charge >= 0.3 is 5.97 Å². The molecule has 0 bridgehead atoms. The van der Waals surface area contributed by atoms with Crippen LogP contribution in [-0.4, -0.2) is 17.8 Å². The Balaban J connectivity index is 1.73. The first-order valence-corrected chi connectivity index (χ1v) is 7.02. The molecule has 0 spiro atoms. The number of rotatable bonds is 4. The van der Waals surface area contributed by atoms with Gasteiger partial charge in [0.25, 0.3) is 11.8 Å². The molecule has 5 heteroatoms. The summed E-state index contributed by atoms with van der Waals surface area (Å²) in [4.78, 5) is 36.5. The summed E-state index contributed by atoms with van der Waals surface area (Å²) in [6.07, 6.45) is 2.39. The van der Waals surface area contributed by atoms with Crippen LogP contribution >= 0.6 is 0 Å². The molecule has 1 aliphatic rings. The summed E-state index contributed by atoms with van der Waals surface area (Å²) in [6.45, 7) is 0.160. The van der Waals surface area contributed by atoms with Gasteiger partial charge in [-0.1, -0.05) is 36.4 Å². The lowest BCUT2D eigenvalue weighted by atomic mass is 10.2. The Morgan fingerprint density at radius 1 is 0.913 bits per heavy atom. The third-order valence-corrected chi connectivity index (χ3v) is 3.36. The first-order chi connectivity index (χ1) is 11.1. The van der Waals surface area contributed by atoms with E-state index in [1.54, 1.807) is 18.2 Å². The van der Waals surface area contributed by atoms with Crippen LogP contribution in [0.1, 0.15) is 15.9 Å². The molecular formula is C18H13NO4. The van der Waals surface area contributed by atoms with Gasteiger partial charge in [0.2, 0.25) is 0 Å². The fourth-order valence-corrected chi connectivity index (χ4v) is 2.23. The fraction of sp³-hybridized carbons (Fsp3) is 0.0556. The molecule has 2 aromatic carbocycles. The minimum Gasteiger partial charge on any atom is -0.457 e. The van der Waals surface area contributed by atoms with Crippen molar-refractivity contribution in [3.05, 3.63) is 77.9 Å². The zero-order valence-corrected chi connectivity index (χ0v) is 12.1. The Hall–Kier alpha value is -3.21. The van der Waals surface area contributed by atoms with E-state index in [-0.39, 0.29) is 12.2 Å². The smallest absolute Gasteiger partial charge is 0.338 e. The number of carbonyl (C=O) groups is 3. The van der Waals surface area contributed by atoms with Crippen LogP contribution < -0.4 is 4.90 Å². The van der Waals surface area contributed by atoms with E-state index in [9.17, 15) is 14.4 Å². The number of esters is 1. The van der Waals surface area contributed by atoms with Crippen molar-refractivity contribution in [1.82, 2.24) is 0 Å². The van der Waals surface area contributed by atoms with Gasteiger partial charge < -0.3 is 4.74 Å². The minimum atomic E-state index is -0.511. The monoisotopic (exact) mass is 307 g/mol. The third kappa shape index (κ3) is 3.18. The molecule has 3 rings (SSSR count). The van der Waals surface area contributed by atoms with E-state index < -0.39 is 17.8 Å². The number of hydrogen-bond acceptors (Lipinski definition) is 4. The van der Waals surface area contributed by atoms with Crippen LogP contribution in [0.4, 0.5) is 5.69 Å². The largest absolute Gasteiger partial charge is 0.457 e. The molecule has 0 fully saturated rings. The number of hydrogen-bond donors (Lipinski definition) is 0. The molecule has 0 N–H and O–H groups in total. The van der Waals surface area contributed by atoms with Crippen molar-refractivity contribution >= 4 is 23.5 Å². The van der Waals surface area contributed by atoms with Gasteiger partial charge in [0.15, 0.2) is 0 Å². The zero-order valence-electron chi connectivity index (χ0n) is 12.1. The Bertz CT molecular complexity index is 778. The maximum Gasteiger partial charge on any atom is 0.338 e. The molecule has 2 amide bonds. The lowest BCUT2D eigenvalue weighted by Gasteiger charge is -2.14. The van der Waals surface area contributed by atoms with E-state index in [0.717, 1.165) is 10.5 Å². The SMILES string of the molecule is O=C(OCc1ccccc1)c1cccc(N2C(=O)C=CC2=O)c1. The summed E-state index contributed by atoms with van der Waals surface area (Å²) in [5.41, 5.74) is 1.51. The molecule has 114 valence electrons. The average Bonchev–Trinajstić information content (AvgIpc) is 2.92. The summed E-state index contributed by atoms with van der Waals surface area (Å²) in [5, 5.41) is 0. The van der Waals surface area contributed by atoms with Gasteiger partial charge in [0.1, 0.15) is 6.61 Å². The van der Waals surface area contributed by atoms with Crippen molar-refractivity contribution in [1.29, 1.82) is 0 Å². The van der Waals surface area contributed by atoms with Crippen LogP contribution in [0.15, 0.2) is 66.7 Å². The average molecular weight is 307 g/mol. The zero-order chi connectivity index (χ0) is 16.2. The van der Waals surface area contributed by atoms with Gasteiger partial charge in [0.05, 0.1) is 11.3 Å². The molecule has 0 unspecified atom stereocenters. The minimum absolute atomic E-state index is 0.160. The van der Waals surface area contributed by atoms with Gasteiger partial charge in [0, 0.05) is 12.2 Å². The molecule has 23 heavy (non-hydrogen) atoms. The van der Waals surface area contributed by atoms with Crippen LogP contribution in [0, 0.1) is 0 Å². The fourth-order valence-electron chi connectivity index (χ4n) is 2.23. The molecule has 0 saturated heterocycles. The van der Waals surface area contributed by atoms with Gasteiger partial charge in [-0.25, -0.2) is 9.69 Å². The van der Waals surface area contributed by atoms with Gasteiger partial charge in [-0.2, -0.15) is 0 Å². The van der Waals surface area contributed by atoms with Gasteiger partial charge in [-0.05, 0) is 23.8 Å². The van der Waals surface area contributed by atoms with Crippen molar-refractivity contribution in [3.63, 3.8) is 0 Å². The Morgan fingerprint density at radius 3 is 2.30 bits per heavy atom. The van der Waals surface area contributed by atoms with Crippen molar-refractivity contribution < 1.29 is 19.1 Å². The van der Waals surface area contributed by atoms with Crippen molar-refractivity contribution in [2.75, 3.05) is 4.90 Å². The second kappa shape index (κ2) is 6.27. The number of amides is 2. The van der Waals surface area contributed by atoms with E-state index in [1.807, 2.05) is 30.3 Å². The predicted octanol–water partition coefficient (Wildman–Crippen LogP) is 2.47. The molecule has 0 aromatic heterocycles. The van der Waals surface area contributed by atoms with E-state index in [1.165, 1.54) is 18.2 Å². The topological polar surface area (TPSA) is 63.7 Å². The quantitative estimate of drug-likeness (QED) is 0.643. The number of carbonyl (C=O) groups excluding carboxylic acids is 3. The van der Waals surface area contributed by atoms with Crippen molar-refractivity contribution in [2.45, 2.75) is 6.61 Å². The third-order valence-electron chi connectivity index (χ3n) is 3.36. The van der Waals surface area contributed by atoms with E-state index >= 15 is 0 Å². The second-order valence-electron chi connectivity index (χ2n) is 4.96. The number of nitrogens with zero attached hydrogens (tertiary/aromatic N) is 1. The summed E-state index contributed by atoms with van der Waals surface area (Å²) in [5.74, 6) is -1.36. The summed E-state index contributed by atoms with van der Waals surface area (Å²) < 4.78 is 5.24. The Labute approximate surface area is 132 Å². The van der Waals surface area contributed by atoms with Crippen LogP contribution in [0.5, 0.6) is 0 Å². The number of anilines is 1. The number of ether oxygens (including phenoxy) is 1. The van der Waals surface area contributed by atoms with Crippen LogP contribution in [0.3, 0.4) is 0 Å². The molecule has 1 aliphatic heterocycles. The van der Waals surface area contributed by atoms with Crippen molar-refractivity contribution in [3.8, 4) is 0 Å². The van der Waals surface area contributed by atoms with Crippen LogP contribution in [0.2, 0.25) is 0 Å².